The number of nitrogens with zero attached hydrogens (tertiary/aromatic N) is 2. The van der Waals surface area contributed by atoms with Crippen molar-refractivity contribution in [1.29, 1.82) is 0 Å². The van der Waals surface area contributed by atoms with E-state index in [4.69, 9.17) is 0 Å². The van der Waals surface area contributed by atoms with Crippen LogP contribution in [-0.2, 0) is 0 Å². The minimum Gasteiger partial charge on any atom is -0.309 e. The van der Waals surface area contributed by atoms with Crippen LogP contribution in [0.15, 0.2) is 170 Å². The lowest BCUT2D eigenvalue weighted by molar-refractivity contribution is 1.18. The molecule has 0 amide bonds. The van der Waals surface area contributed by atoms with Crippen molar-refractivity contribution < 1.29 is 0 Å². The number of hydrogen-bond donors (Lipinski definition) is 0. The minimum atomic E-state index is 1.17. The average Bonchev–Trinajstić information content (AvgIpc) is 4.01. The van der Waals surface area contributed by atoms with Crippen LogP contribution in [-0.4, -0.2) is 9.13 Å². The second kappa shape index (κ2) is 12.8. The highest BCUT2D eigenvalue weighted by atomic mass is 32.1. The molecule has 246 valence electrons. The molecule has 0 N–H and O–H groups in total. The van der Waals surface area contributed by atoms with Crippen molar-refractivity contribution in [2.75, 3.05) is 0 Å². The molecule has 0 unspecified atom stereocenters. The van der Waals surface area contributed by atoms with Crippen molar-refractivity contribution >= 4 is 90.6 Å². The highest BCUT2D eigenvalue weighted by Crippen LogP contribution is 2.36. The zero-order valence-electron chi connectivity index (χ0n) is 28.2. The van der Waals surface area contributed by atoms with Gasteiger partial charge < -0.3 is 9.13 Å². The van der Waals surface area contributed by atoms with E-state index in [1.165, 1.54) is 85.6 Å². The molecule has 4 heterocycles. The fourth-order valence-corrected chi connectivity index (χ4v) is 9.29. The summed E-state index contributed by atoms with van der Waals surface area (Å²) in [4.78, 5) is 5.08. The Morgan fingerprint density at radius 1 is 0.308 bits per heavy atom. The van der Waals surface area contributed by atoms with Crippen molar-refractivity contribution in [2.45, 2.75) is 0 Å². The van der Waals surface area contributed by atoms with Crippen LogP contribution in [0.25, 0.3) is 89.0 Å². The number of para-hydroxylation sites is 4. The number of hydrogen-bond acceptors (Lipinski definition) is 2. The number of thiophene rings is 2. The lowest BCUT2D eigenvalue weighted by Gasteiger charge is -2.08. The van der Waals surface area contributed by atoms with Gasteiger partial charge in [0.05, 0.1) is 22.1 Å². The van der Waals surface area contributed by atoms with Crippen LogP contribution < -0.4 is 0 Å². The quantitative estimate of drug-likeness (QED) is 0.157. The second-order valence-electron chi connectivity index (χ2n) is 13.0. The van der Waals surface area contributed by atoms with E-state index in [1.54, 1.807) is 0 Å². The van der Waals surface area contributed by atoms with Crippen LogP contribution in [0, 0.1) is 0 Å². The Bertz CT molecular complexity index is 2630. The monoisotopic (exact) mass is 700 g/mol. The molecule has 52 heavy (non-hydrogen) atoms. The van der Waals surface area contributed by atoms with Gasteiger partial charge in [-0.15, -0.1) is 22.7 Å². The van der Waals surface area contributed by atoms with E-state index in [9.17, 15) is 0 Å². The van der Waals surface area contributed by atoms with Crippen LogP contribution in [0.1, 0.15) is 20.9 Å². The van der Waals surface area contributed by atoms with E-state index in [0.717, 1.165) is 0 Å². The largest absolute Gasteiger partial charge is 0.309 e. The molecular formula is C48H32N2S2. The molecule has 0 aliphatic heterocycles. The zero-order chi connectivity index (χ0) is 34.4. The molecule has 4 aromatic heterocycles. The van der Waals surface area contributed by atoms with Gasteiger partial charge in [0.2, 0.25) is 0 Å². The minimum absolute atomic E-state index is 1.17. The van der Waals surface area contributed by atoms with Gasteiger partial charge in [-0.2, -0.15) is 0 Å². The molecule has 0 radical (unpaired) electrons. The van der Waals surface area contributed by atoms with Crippen molar-refractivity contribution in [1.82, 2.24) is 9.13 Å². The fraction of sp³-hybridized carbons (Fsp3) is 0. The van der Waals surface area contributed by atoms with Crippen molar-refractivity contribution in [3.8, 4) is 21.1 Å². The van der Waals surface area contributed by atoms with Crippen molar-refractivity contribution in [3.05, 3.63) is 191 Å². The first kappa shape index (κ1) is 30.6. The van der Waals surface area contributed by atoms with Crippen LogP contribution in [0.2, 0.25) is 0 Å². The van der Waals surface area contributed by atoms with Crippen molar-refractivity contribution in [3.63, 3.8) is 0 Å². The van der Waals surface area contributed by atoms with Gasteiger partial charge in [-0.05, 0) is 96.1 Å². The Kier molecular flexibility index (Phi) is 7.56. The Labute approximate surface area is 310 Å². The SMILES string of the molecule is C(=C\c1ccc(-c2ccc(/C=C/c3ccc(-n4c5ccccc5c5ccccc54)cc3)s2)s1)/c1ccc(-n2c3ccccc3c3ccccc32)cc1. The van der Waals surface area contributed by atoms with Gasteiger partial charge >= 0.3 is 0 Å². The van der Waals surface area contributed by atoms with Gasteiger partial charge in [0, 0.05) is 52.4 Å². The highest BCUT2D eigenvalue weighted by molar-refractivity contribution is 7.23. The zero-order valence-corrected chi connectivity index (χ0v) is 29.8. The van der Waals surface area contributed by atoms with E-state index in [0.29, 0.717) is 0 Å². The average molecular weight is 701 g/mol. The topological polar surface area (TPSA) is 9.86 Å². The summed E-state index contributed by atoms with van der Waals surface area (Å²) in [5, 5.41) is 5.13. The summed E-state index contributed by atoms with van der Waals surface area (Å²) < 4.78 is 4.72. The molecule has 6 aromatic carbocycles. The number of rotatable bonds is 7. The predicted molar refractivity (Wildman–Crippen MR) is 227 cm³/mol. The molecule has 0 aliphatic carbocycles. The molecule has 10 rings (SSSR count). The molecule has 0 saturated heterocycles. The summed E-state index contributed by atoms with van der Waals surface area (Å²) in [5.41, 5.74) is 9.65. The Balaban J connectivity index is 0.834. The highest BCUT2D eigenvalue weighted by Gasteiger charge is 2.12. The van der Waals surface area contributed by atoms with Crippen molar-refractivity contribution in [2.24, 2.45) is 0 Å². The fourth-order valence-electron chi connectivity index (χ4n) is 7.38. The summed E-state index contributed by atoms with van der Waals surface area (Å²) in [6.45, 7) is 0. The maximum Gasteiger partial charge on any atom is 0.0541 e. The van der Waals surface area contributed by atoms with E-state index in [-0.39, 0.29) is 0 Å². The molecular weight excluding hydrogens is 669 g/mol. The number of aromatic nitrogens is 2. The summed E-state index contributed by atoms with van der Waals surface area (Å²) in [5.74, 6) is 0. The van der Waals surface area contributed by atoms with E-state index < -0.39 is 0 Å². The molecule has 0 atom stereocenters. The van der Waals surface area contributed by atoms with E-state index >= 15 is 0 Å². The molecule has 0 spiro atoms. The number of fused-ring (bicyclic) bond motifs is 6. The van der Waals surface area contributed by atoms with Gasteiger partial charge in [-0.3, -0.25) is 0 Å². The smallest absolute Gasteiger partial charge is 0.0541 e. The lowest BCUT2D eigenvalue weighted by atomic mass is 10.2. The first-order valence-electron chi connectivity index (χ1n) is 17.5. The third-order valence-corrected chi connectivity index (χ3v) is 12.1. The molecule has 0 aliphatic rings. The Morgan fingerprint density at radius 2 is 0.635 bits per heavy atom. The van der Waals surface area contributed by atoms with Gasteiger partial charge in [-0.25, -0.2) is 0 Å². The lowest BCUT2D eigenvalue weighted by Crippen LogP contribution is -1.93. The Hall–Kier alpha value is -6.20. The number of benzene rings is 6. The van der Waals surface area contributed by atoms with E-state index in [2.05, 4.69) is 203 Å². The van der Waals surface area contributed by atoms with Gasteiger partial charge in [-0.1, -0.05) is 109 Å². The third-order valence-electron chi connectivity index (χ3n) is 9.84. The summed E-state index contributed by atoms with van der Waals surface area (Å²) >= 11 is 3.66. The maximum absolute atomic E-state index is 2.36. The maximum atomic E-state index is 2.36. The van der Waals surface area contributed by atoms with Crippen LogP contribution in [0.4, 0.5) is 0 Å². The summed E-state index contributed by atoms with van der Waals surface area (Å²) in [7, 11) is 0. The molecule has 0 saturated carbocycles. The summed E-state index contributed by atoms with van der Waals surface area (Å²) in [6, 6.07) is 61.2. The summed E-state index contributed by atoms with van der Waals surface area (Å²) in [6.07, 6.45) is 8.86. The molecule has 0 fully saturated rings. The third kappa shape index (κ3) is 5.41. The predicted octanol–water partition coefficient (Wildman–Crippen LogP) is 14.0. The van der Waals surface area contributed by atoms with E-state index in [1.807, 2.05) is 22.7 Å². The normalized spacial score (nSPS) is 12.1. The van der Waals surface area contributed by atoms with Gasteiger partial charge in [0.1, 0.15) is 0 Å². The molecule has 4 heteroatoms. The van der Waals surface area contributed by atoms with Crippen LogP contribution in [0.5, 0.6) is 0 Å². The first-order chi connectivity index (χ1) is 25.8. The van der Waals surface area contributed by atoms with Gasteiger partial charge in [0.15, 0.2) is 0 Å². The first-order valence-corrected chi connectivity index (χ1v) is 19.1. The molecule has 2 nitrogen and oxygen atoms in total. The van der Waals surface area contributed by atoms with Gasteiger partial charge in [0.25, 0.3) is 0 Å². The van der Waals surface area contributed by atoms with Crippen LogP contribution >= 0.6 is 22.7 Å². The second-order valence-corrected chi connectivity index (χ2v) is 15.2. The Morgan fingerprint density at radius 3 is 0.981 bits per heavy atom. The molecule has 10 aromatic rings. The van der Waals surface area contributed by atoms with Crippen LogP contribution in [0.3, 0.4) is 0 Å². The standard InChI is InChI=1S/C48H32N2S2/c1-5-13-43-39(9-1)40-10-2-6-14-44(40)49(43)35-23-17-33(18-24-35)21-27-37-29-31-47(51-37)48-32-30-38(52-48)28-22-34-19-25-36(26-20-34)50-45-15-7-3-11-41(45)42-12-4-8-16-46(42)50/h1-32H/b27-21+,28-22+. The molecule has 0 bridgehead atoms.